The molecule has 0 spiro atoms. The Labute approximate surface area is 174 Å². The summed E-state index contributed by atoms with van der Waals surface area (Å²) in [4.78, 5) is 18.6. The number of aliphatic hydroxyl groups excluding tert-OH is 1. The molecule has 0 radical (unpaired) electrons. The fraction of sp³-hybridized carbons (Fsp3) is 0.682. The largest absolute Gasteiger partial charge is 0.497 e. The molecule has 2 heterocycles. The topological polar surface area (TPSA) is 65.5 Å². The minimum absolute atomic E-state index is 0.181. The molecule has 1 unspecified atom stereocenters. The number of hydrogen-bond donors (Lipinski definition) is 1. The van der Waals surface area contributed by atoms with Crippen LogP contribution in [-0.4, -0.2) is 91.3 Å². The first-order valence-electron chi connectivity index (χ1n) is 10.6. The molecule has 2 fully saturated rings. The van der Waals surface area contributed by atoms with Gasteiger partial charge in [-0.3, -0.25) is 14.6 Å². The first-order chi connectivity index (χ1) is 14.0. The fourth-order valence-corrected chi connectivity index (χ4v) is 4.62. The Kier molecular flexibility index (Phi) is 7.75. The zero-order chi connectivity index (χ0) is 20.8. The minimum Gasteiger partial charge on any atom is -0.497 e. The van der Waals surface area contributed by atoms with Gasteiger partial charge in [-0.05, 0) is 37.0 Å². The molecule has 7 nitrogen and oxygen atoms in total. The molecule has 3 rings (SSSR count). The lowest BCUT2D eigenvalue weighted by Crippen LogP contribution is -2.57. The van der Waals surface area contributed by atoms with E-state index in [0.717, 1.165) is 75.6 Å². The van der Waals surface area contributed by atoms with Crippen LogP contribution in [0.5, 0.6) is 11.5 Å². The van der Waals surface area contributed by atoms with Gasteiger partial charge in [0.15, 0.2) is 0 Å². The Bertz CT molecular complexity index is 654. The number of carbonyl (C=O) groups is 1. The van der Waals surface area contributed by atoms with Crippen LogP contribution in [0.15, 0.2) is 18.2 Å². The quantitative estimate of drug-likeness (QED) is 0.743. The Morgan fingerprint density at radius 3 is 2.28 bits per heavy atom. The summed E-state index contributed by atoms with van der Waals surface area (Å²) in [6.07, 6.45) is 2.85. The van der Waals surface area contributed by atoms with E-state index in [9.17, 15) is 9.90 Å². The van der Waals surface area contributed by atoms with Crippen LogP contribution in [0.4, 0.5) is 0 Å². The lowest BCUT2D eigenvalue weighted by atomic mass is 9.99. The number of likely N-dealkylation sites (tertiary alicyclic amines) is 1. The van der Waals surface area contributed by atoms with Crippen LogP contribution < -0.4 is 9.47 Å². The average molecular weight is 406 g/mol. The number of nitrogens with zero attached hydrogens (tertiary/aromatic N) is 3. The Morgan fingerprint density at radius 1 is 1.07 bits per heavy atom. The summed E-state index contributed by atoms with van der Waals surface area (Å²) in [5.74, 6) is 1.78. The van der Waals surface area contributed by atoms with E-state index in [2.05, 4.69) is 21.9 Å². The van der Waals surface area contributed by atoms with E-state index in [4.69, 9.17) is 9.47 Å². The van der Waals surface area contributed by atoms with E-state index in [1.807, 2.05) is 11.0 Å². The first-order valence-corrected chi connectivity index (χ1v) is 10.6. The molecule has 29 heavy (non-hydrogen) atoms. The van der Waals surface area contributed by atoms with Crippen molar-refractivity contribution in [3.8, 4) is 11.5 Å². The van der Waals surface area contributed by atoms with E-state index in [-0.39, 0.29) is 12.5 Å². The molecule has 1 amide bonds. The van der Waals surface area contributed by atoms with Gasteiger partial charge in [-0.15, -0.1) is 0 Å². The highest BCUT2D eigenvalue weighted by molar-refractivity contribution is 5.73. The Hall–Kier alpha value is -1.83. The summed E-state index contributed by atoms with van der Waals surface area (Å²) in [6, 6.07) is 6.85. The van der Waals surface area contributed by atoms with Crippen LogP contribution in [-0.2, 0) is 11.3 Å². The van der Waals surface area contributed by atoms with E-state index >= 15 is 0 Å². The molecule has 7 heteroatoms. The van der Waals surface area contributed by atoms with Crippen molar-refractivity contribution in [3.05, 3.63) is 23.8 Å². The molecule has 1 aromatic rings. The number of carbonyl (C=O) groups excluding carboxylic acids is 1. The van der Waals surface area contributed by atoms with Gasteiger partial charge >= 0.3 is 0 Å². The van der Waals surface area contributed by atoms with Gasteiger partial charge in [-0.1, -0.05) is 0 Å². The Balaban J connectivity index is 1.63. The molecule has 0 saturated carbocycles. The molecule has 0 aromatic heterocycles. The summed E-state index contributed by atoms with van der Waals surface area (Å²) in [7, 11) is 3.34. The summed E-state index contributed by atoms with van der Waals surface area (Å²) < 4.78 is 10.8. The van der Waals surface area contributed by atoms with Gasteiger partial charge in [0, 0.05) is 70.9 Å². The van der Waals surface area contributed by atoms with Gasteiger partial charge in [0.25, 0.3) is 0 Å². The van der Waals surface area contributed by atoms with E-state index in [1.54, 1.807) is 21.1 Å². The number of hydrogen-bond acceptors (Lipinski definition) is 6. The molecule has 1 N–H and O–H groups in total. The molecule has 0 aliphatic carbocycles. The zero-order valence-corrected chi connectivity index (χ0v) is 18.0. The molecule has 2 saturated heterocycles. The van der Waals surface area contributed by atoms with Crippen molar-refractivity contribution < 1.29 is 19.4 Å². The van der Waals surface area contributed by atoms with Crippen LogP contribution in [0.3, 0.4) is 0 Å². The number of ether oxygens (including phenoxy) is 2. The standard InChI is InChI=1S/C22H35N3O4/c1-17(27)23-7-4-19(5-8-23)25-10-9-24(20(16-25)6-11-26)15-18-12-21(28-2)14-22(13-18)29-3/h12-14,19-20,26H,4-11,15-16H2,1-3H3. The Morgan fingerprint density at radius 2 is 1.72 bits per heavy atom. The van der Waals surface area contributed by atoms with Gasteiger partial charge in [0.05, 0.1) is 14.2 Å². The minimum atomic E-state index is 0.181. The monoisotopic (exact) mass is 405 g/mol. The number of aliphatic hydroxyl groups is 1. The number of piperazine rings is 1. The highest BCUT2D eigenvalue weighted by Crippen LogP contribution is 2.26. The maximum atomic E-state index is 11.6. The normalized spacial score (nSPS) is 21.9. The highest BCUT2D eigenvalue weighted by Gasteiger charge is 2.32. The van der Waals surface area contributed by atoms with Crippen molar-refractivity contribution in [2.24, 2.45) is 0 Å². The maximum absolute atomic E-state index is 11.6. The first kappa shape index (κ1) is 21.9. The third-order valence-corrected chi connectivity index (χ3v) is 6.32. The second-order valence-electron chi connectivity index (χ2n) is 8.09. The average Bonchev–Trinajstić information content (AvgIpc) is 2.74. The molecule has 162 valence electrons. The fourth-order valence-electron chi connectivity index (χ4n) is 4.62. The number of methoxy groups -OCH3 is 2. The predicted octanol–water partition coefficient (Wildman–Crippen LogP) is 1.58. The molecule has 0 bridgehead atoms. The van der Waals surface area contributed by atoms with Crippen molar-refractivity contribution in [1.82, 2.24) is 14.7 Å². The molecule has 1 atom stereocenters. The molecular weight excluding hydrogens is 370 g/mol. The van der Waals surface area contributed by atoms with E-state index in [1.165, 1.54) is 0 Å². The second kappa shape index (κ2) is 10.3. The van der Waals surface area contributed by atoms with E-state index < -0.39 is 0 Å². The zero-order valence-electron chi connectivity index (χ0n) is 18.0. The summed E-state index contributed by atoms with van der Waals surface area (Å²) >= 11 is 0. The smallest absolute Gasteiger partial charge is 0.219 e. The lowest BCUT2D eigenvalue weighted by molar-refractivity contribution is -0.130. The molecule has 2 aliphatic heterocycles. The van der Waals surface area contributed by atoms with Crippen molar-refractivity contribution in [2.75, 3.05) is 53.6 Å². The second-order valence-corrected chi connectivity index (χ2v) is 8.09. The SMILES string of the molecule is COc1cc(CN2CCN(C3CCN(C(C)=O)CC3)CC2CCO)cc(OC)c1. The van der Waals surface area contributed by atoms with Crippen LogP contribution >= 0.6 is 0 Å². The van der Waals surface area contributed by atoms with Crippen LogP contribution in [0, 0.1) is 0 Å². The van der Waals surface area contributed by atoms with Crippen molar-refractivity contribution in [2.45, 2.75) is 44.8 Å². The third-order valence-electron chi connectivity index (χ3n) is 6.32. The molecule has 1 aromatic carbocycles. The van der Waals surface area contributed by atoms with Gasteiger partial charge in [-0.2, -0.15) is 0 Å². The van der Waals surface area contributed by atoms with Gasteiger partial charge < -0.3 is 19.5 Å². The number of piperidine rings is 1. The van der Waals surface area contributed by atoms with Crippen LogP contribution in [0.25, 0.3) is 0 Å². The van der Waals surface area contributed by atoms with E-state index in [0.29, 0.717) is 12.1 Å². The number of amides is 1. The maximum Gasteiger partial charge on any atom is 0.219 e. The van der Waals surface area contributed by atoms with Gasteiger partial charge in [0.2, 0.25) is 5.91 Å². The van der Waals surface area contributed by atoms with Gasteiger partial charge in [-0.25, -0.2) is 0 Å². The van der Waals surface area contributed by atoms with Crippen molar-refractivity contribution in [3.63, 3.8) is 0 Å². The molecular formula is C22H35N3O4. The third kappa shape index (κ3) is 5.62. The van der Waals surface area contributed by atoms with Gasteiger partial charge in [0.1, 0.15) is 11.5 Å². The summed E-state index contributed by atoms with van der Waals surface area (Å²) in [5, 5.41) is 9.63. The summed E-state index contributed by atoms with van der Waals surface area (Å²) in [5.41, 5.74) is 1.16. The summed E-state index contributed by atoms with van der Waals surface area (Å²) in [6.45, 7) is 7.33. The number of benzene rings is 1. The highest BCUT2D eigenvalue weighted by atomic mass is 16.5. The molecule has 2 aliphatic rings. The van der Waals surface area contributed by atoms with Crippen molar-refractivity contribution >= 4 is 5.91 Å². The number of rotatable bonds is 7. The lowest BCUT2D eigenvalue weighted by Gasteiger charge is -2.46. The van der Waals surface area contributed by atoms with Crippen LogP contribution in [0.1, 0.15) is 31.7 Å². The van der Waals surface area contributed by atoms with Crippen LogP contribution in [0.2, 0.25) is 0 Å². The van der Waals surface area contributed by atoms with Crippen molar-refractivity contribution in [1.29, 1.82) is 0 Å². The predicted molar refractivity (Wildman–Crippen MR) is 112 cm³/mol.